The number of benzene rings is 1. The Morgan fingerprint density at radius 2 is 2.00 bits per heavy atom. The van der Waals surface area contributed by atoms with Crippen LogP contribution in [0, 0.1) is 6.92 Å². The van der Waals surface area contributed by atoms with Crippen LogP contribution >= 0.6 is 0 Å². The zero-order valence-electron chi connectivity index (χ0n) is 18.1. The predicted octanol–water partition coefficient (Wildman–Crippen LogP) is 5.79. The van der Waals surface area contributed by atoms with Gasteiger partial charge in [-0.3, -0.25) is 9.36 Å². The molecule has 1 aromatic heterocycles. The zero-order chi connectivity index (χ0) is 21.0. The predicted molar refractivity (Wildman–Crippen MR) is 119 cm³/mol. The lowest BCUT2D eigenvalue weighted by Crippen LogP contribution is -2.23. The number of fused-ring (bicyclic) bond motifs is 1. The molecule has 3 rings (SSSR count). The number of aromatic nitrogens is 1. The van der Waals surface area contributed by atoms with E-state index in [9.17, 15) is 4.79 Å². The van der Waals surface area contributed by atoms with Crippen LogP contribution in [0.5, 0.6) is 5.75 Å². The van der Waals surface area contributed by atoms with Gasteiger partial charge in [-0.1, -0.05) is 32.4 Å². The van der Waals surface area contributed by atoms with E-state index in [4.69, 9.17) is 9.47 Å². The van der Waals surface area contributed by atoms with Crippen LogP contribution < -0.4 is 4.74 Å². The average Bonchev–Trinajstić information content (AvgIpc) is 2.85. The van der Waals surface area contributed by atoms with E-state index in [1.807, 2.05) is 67.0 Å². The molecule has 1 aromatic carbocycles. The summed E-state index contributed by atoms with van der Waals surface area (Å²) >= 11 is 0. The van der Waals surface area contributed by atoms with Crippen molar-refractivity contribution in [3.05, 3.63) is 65.4 Å². The number of rotatable bonds is 7. The van der Waals surface area contributed by atoms with Crippen LogP contribution in [0.2, 0.25) is 0 Å². The second-order valence-corrected chi connectivity index (χ2v) is 7.64. The highest BCUT2D eigenvalue weighted by Gasteiger charge is 2.23. The number of methoxy groups -OCH3 is 1. The summed E-state index contributed by atoms with van der Waals surface area (Å²) in [5.41, 5.74) is 3.21. The van der Waals surface area contributed by atoms with Gasteiger partial charge in [-0.2, -0.15) is 0 Å². The number of hydrogen-bond donors (Lipinski definition) is 0. The fourth-order valence-corrected chi connectivity index (χ4v) is 3.81. The standard InChI is InChI=1S/C25H31NO3/c1-6-8-16-29-25(4)14-9-10-19(13-15-25)24(27)26-18(3)21(7-2)22-17-20(28-5)11-12-23(22)26/h9-15,17H,6-8,16H2,1-5H3. The van der Waals surface area contributed by atoms with E-state index in [2.05, 4.69) is 13.8 Å². The van der Waals surface area contributed by atoms with E-state index in [1.165, 1.54) is 5.56 Å². The number of hydrogen-bond acceptors (Lipinski definition) is 3. The molecule has 154 valence electrons. The second-order valence-electron chi connectivity index (χ2n) is 7.64. The fourth-order valence-electron chi connectivity index (χ4n) is 3.81. The Morgan fingerprint density at radius 1 is 1.21 bits per heavy atom. The van der Waals surface area contributed by atoms with Gasteiger partial charge in [0.2, 0.25) is 0 Å². The molecular formula is C25H31NO3. The van der Waals surface area contributed by atoms with Gasteiger partial charge < -0.3 is 9.47 Å². The Bertz CT molecular complexity index is 993. The van der Waals surface area contributed by atoms with Gasteiger partial charge in [0.25, 0.3) is 5.91 Å². The molecule has 0 amide bonds. The summed E-state index contributed by atoms with van der Waals surface area (Å²) in [7, 11) is 1.66. The molecule has 2 aromatic rings. The second kappa shape index (κ2) is 8.83. The van der Waals surface area contributed by atoms with Crippen LogP contribution in [0.3, 0.4) is 0 Å². The normalized spacial score (nSPS) is 18.7. The van der Waals surface area contributed by atoms with Gasteiger partial charge in [-0.05, 0) is 68.7 Å². The van der Waals surface area contributed by atoms with E-state index in [-0.39, 0.29) is 5.91 Å². The maximum atomic E-state index is 13.5. The van der Waals surface area contributed by atoms with Gasteiger partial charge in [0.1, 0.15) is 11.4 Å². The first kappa shape index (κ1) is 21.1. The lowest BCUT2D eigenvalue weighted by atomic mass is 10.1. The molecule has 0 spiro atoms. The summed E-state index contributed by atoms with van der Waals surface area (Å²) in [6.45, 7) is 9.00. The molecule has 1 atom stereocenters. The smallest absolute Gasteiger partial charge is 0.262 e. The number of aryl methyl sites for hydroxylation is 1. The lowest BCUT2D eigenvalue weighted by molar-refractivity contribution is 0.0396. The first-order valence-electron chi connectivity index (χ1n) is 10.4. The van der Waals surface area contributed by atoms with Crippen LogP contribution in [-0.4, -0.2) is 29.8 Å². The quantitative estimate of drug-likeness (QED) is 0.559. The third kappa shape index (κ3) is 4.23. The van der Waals surface area contributed by atoms with Gasteiger partial charge in [0.05, 0.1) is 12.6 Å². The summed E-state index contributed by atoms with van der Waals surface area (Å²) in [5.74, 6) is 0.768. The largest absolute Gasteiger partial charge is 0.497 e. The average molecular weight is 394 g/mol. The number of allylic oxidation sites excluding steroid dienone is 4. The molecule has 1 heterocycles. The van der Waals surface area contributed by atoms with Crippen molar-refractivity contribution in [2.75, 3.05) is 13.7 Å². The van der Waals surface area contributed by atoms with Crippen molar-refractivity contribution in [2.45, 2.75) is 52.6 Å². The van der Waals surface area contributed by atoms with Crippen molar-refractivity contribution in [1.82, 2.24) is 4.57 Å². The fraction of sp³-hybridized carbons (Fsp3) is 0.400. The first-order chi connectivity index (χ1) is 13.9. The van der Waals surface area contributed by atoms with E-state index < -0.39 is 5.60 Å². The van der Waals surface area contributed by atoms with Crippen LogP contribution in [0.25, 0.3) is 10.9 Å². The summed E-state index contributed by atoms with van der Waals surface area (Å²) in [6, 6.07) is 5.88. The maximum absolute atomic E-state index is 13.5. The van der Waals surface area contributed by atoms with E-state index >= 15 is 0 Å². The third-order valence-corrected chi connectivity index (χ3v) is 5.55. The molecule has 1 aliphatic rings. The van der Waals surface area contributed by atoms with E-state index in [0.717, 1.165) is 41.6 Å². The maximum Gasteiger partial charge on any atom is 0.262 e. The minimum absolute atomic E-state index is 0.0314. The molecule has 1 aliphatic carbocycles. The van der Waals surface area contributed by atoms with Crippen LogP contribution in [0.15, 0.2) is 54.2 Å². The molecule has 0 bridgehead atoms. The number of carbonyl (C=O) groups excluding carboxylic acids is 1. The van der Waals surface area contributed by atoms with Crippen LogP contribution in [0.4, 0.5) is 0 Å². The highest BCUT2D eigenvalue weighted by Crippen LogP contribution is 2.31. The summed E-state index contributed by atoms with van der Waals surface area (Å²) in [6.07, 6.45) is 12.6. The Hall–Kier alpha value is -2.59. The van der Waals surface area contributed by atoms with Gasteiger partial charge in [0, 0.05) is 23.3 Å². The van der Waals surface area contributed by atoms with Gasteiger partial charge in [-0.25, -0.2) is 0 Å². The SMILES string of the molecule is CCCCOC1(C)C=CC=C(C(=O)n2c(C)c(CC)c3cc(OC)ccc32)C=C1. The first-order valence-corrected chi connectivity index (χ1v) is 10.4. The van der Waals surface area contributed by atoms with Crippen molar-refractivity contribution in [2.24, 2.45) is 0 Å². The molecule has 4 heteroatoms. The minimum Gasteiger partial charge on any atom is -0.497 e. The van der Waals surface area contributed by atoms with Crippen molar-refractivity contribution in [3.63, 3.8) is 0 Å². The minimum atomic E-state index is -0.497. The number of carbonyl (C=O) groups is 1. The zero-order valence-corrected chi connectivity index (χ0v) is 18.1. The number of nitrogens with zero attached hydrogens (tertiary/aromatic N) is 1. The highest BCUT2D eigenvalue weighted by atomic mass is 16.5. The molecule has 4 nitrogen and oxygen atoms in total. The topological polar surface area (TPSA) is 40.5 Å². The van der Waals surface area contributed by atoms with Crippen LogP contribution in [-0.2, 0) is 11.2 Å². The molecule has 0 saturated heterocycles. The Morgan fingerprint density at radius 3 is 2.69 bits per heavy atom. The van der Waals surface area contributed by atoms with Crippen molar-refractivity contribution >= 4 is 16.8 Å². The van der Waals surface area contributed by atoms with Crippen molar-refractivity contribution in [1.29, 1.82) is 0 Å². The van der Waals surface area contributed by atoms with Crippen molar-refractivity contribution < 1.29 is 14.3 Å². The van der Waals surface area contributed by atoms with E-state index in [1.54, 1.807) is 7.11 Å². The molecule has 29 heavy (non-hydrogen) atoms. The van der Waals surface area contributed by atoms with Gasteiger partial charge in [0.15, 0.2) is 0 Å². The molecule has 1 unspecified atom stereocenters. The molecule has 0 N–H and O–H groups in total. The molecule has 0 radical (unpaired) electrons. The molecule has 0 aliphatic heterocycles. The number of ether oxygens (including phenoxy) is 2. The summed E-state index contributed by atoms with van der Waals surface area (Å²) in [4.78, 5) is 13.5. The van der Waals surface area contributed by atoms with Crippen molar-refractivity contribution in [3.8, 4) is 5.75 Å². The Kier molecular flexibility index (Phi) is 6.43. The molecule has 0 saturated carbocycles. The summed E-state index contributed by atoms with van der Waals surface area (Å²) in [5, 5.41) is 1.07. The molecular weight excluding hydrogens is 362 g/mol. The Labute approximate surface area is 173 Å². The summed E-state index contributed by atoms with van der Waals surface area (Å²) < 4.78 is 13.2. The molecule has 0 fully saturated rings. The number of unbranched alkanes of at least 4 members (excludes halogenated alkanes) is 1. The Balaban J connectivity index is 1.97. The van der Waals surface area contributed by atoms with Gasteiger partial charge >= 0.3 is 0 Å². The van der Waals surface area contributed by atoms with Crippen LogP contribution in [0.1, 0.15) is 49.7 Å². The third-order valence-electron chi connectivity index (χ3n) is 5.55. The van der Waals surface area contributed by atoms with E-state index in [0.29, 0.717) is 12.2 Å². The lowest BCUT2D eigenvalue weighted by Gasteiger charge is -2.22. The monoisotopic (exact) mass is 393 g/mol. The highest BCUT2D eigenvalue weighted by molar-refractivity contribution is 6.05. The van der Waals surface area contributed by atoms with Gasteiger partial charge in [-0.15, -0.1) is 0 Å².